The van der Waals surface area contributed by atoms with Crippen molar-refractivity contribution in [2.45, 2.75) is 12.8 Å². The number of aliphatic imine (C=N–C) groups is 2. The Morgan fingerprint density at radius 1 is 0.947 bits per heavy atom. The smallest absolute Gasteiger partial charge is 0.237 e. The molecule has 0 rings (SSSR count). The first-order valence-corrected chi connectivity index (χ1v) is 6.45. The van der Waals surface area contributed by atoms with Gasteiger partial charge in [-0.2, -0.15) is 0 Å². The summed E-state index contributed by atoms with van der Waals surface area (Å²) in [5, 5.41) is 0. The average Bonchev–Trinajstić information content (AvgIpc) is 2.35. The molecule has 0 aliphatic rings. The molecule has 0 spiro atoms. The third-order valence-electron chi connectivity index (χ3n) is 2.23. The number of nitrogens with two attached hydrogens (primary N) is 4. The molecule has 0 heterocycles. The van der Waals surface area contributed by atoms with Gasteiger partial charge in [0.15, 0.2) is 11.9 Å². The fraction of sp³-hybridized carbons (Fsp3) is 0.700. The Labute approximate surface area is 117 Å². The monoisotopic (exact) mass is 291 g/mol. The number of nitrogens with zero attached hydrogens (tertiary/aromatic N) is 3. The van der Waals surface area contributed by atoms with Gasteiger partial charge in [-0.15, -0.1) is 11.6 Å². The third kappa shape index (κ3) is 9.95. The van der Waals surface area contributed by atoms with Gasteiger partial charge in [-0.05, 0) is 12.8 Å². The van der Waals surface area contributed by atoms with Crippen molar-refractivity contribution in [1.82, 2.24) is 4.90 Å². The lowest BCUT2D eigenvalue weighted by atomic mass is 10.3. The molecule has 19 heavy (non-hydrogen) atoms. The van der Waals surface area contributed by atoms with Crippen molar-refractivity contribution in [3.05, 3.63) is 0 Å². The van der Waals surface area contributed by atoms with Gasteiger partial charge >= 0.3 is 0 Å². The lowest BCUT2D eigenvalue weighted by molar-refractivity contribution is -0.128. The maximum atomic E-state index is 11.6. The second-order valence-electron chi connectivity index (χ2n) is 3.83. The molecule has 0 aliphatic heterocycles. The molecule has 0 atom stereocenters. The predicted octanol–water partition coefficient (Wildman–Crippen LogP) is -1.62. The lowest BCUT2D eigenvalue weighted by Crippen LogP contribution is -2.34. The van der Waals surface area contributed by atoms with Crippen LogP contribution in [0.5, 0.6) is 0 Å². The number of alkyl halides is 1. The zero-order valence-corrected chi connectivity index (χ0v) is 11.6. The molecule has 1 amide bonds. The van der Waals surface area contributed by atoms with E-state index in [1.807, 2.05) is 0 Å². The van der Waals surface area contributed by atoms with E-state index in [4.69, 9.17) is 34.5 Å². The summed E-state index contributed by atoms with van der Waals surface area (Å²) in [5.74, 6) is -0.0908. The number of guanidine groups is 2. The molecular weight excluding hydrogens is 270 g/mol. The average molecular weight is 292 g/mol. The Kier molecular flexibility index (Phi) is 9.33. The Morgan fingerprint density at radius 2 is 1.37 bits per heavy atom. The Balaban J connectivity index is 4.06. The molecule has 9 heteroatoms. The van der Waals surface area contributed by atoms with Gasteiger partial charge in [0.1, 0.15) is 5.88 Å². The van der Waals surface area contributed by atoms with Crippen LogP contribution in [0.25, 0.3) is 0 Å². The number of hydrogen-bond acceptors (Lipinski definition) is 3. The summed E-state index contributed by atoms with van der Waals surface area (Å²) in [6, 6.07) is 0. The van der Waals surface area contributed by atoms with E-state index in [1.165, 1.54) is 0 Å². The largest absolute Gasteiger partial charge is 0.370 e. The van der Waals surface area contributed by atoms with Crippen molar-refractivity contribution in [2.75, 3.05) is 32.1 Å². The fourth-order valence-corrected chi connectivity index (χ4v) is 1.55. The highest BCUT2D eigenvalue weighted by molar-refractivity contribution is 6.27. The zero-order chi connectivity index (χ0) is 14.7. The van der Waals surface area contributed by atoms with E-state index in [9.17, 15) is 4.79 Å². The van der Waals surface area contributed by atoms with E-state index in [2.05, 4.69) is 9.98 Å². The molecule has 8 N–H and O–H groups in total. The van der Waals surface area contributed by atoms with Crippen LogP contribution in [0.2, 0.25) is 0 Å². The van der Waals surface area contributed by atoms with E-state index in [0.717, 1.165) is 0 Å². The molecule has 0 saturated heterocycles. The van der Waals surface area contributed by atoms with Crippen molar-refractivity contribution in [1.29, 1.82) is 0 Å². The van der Waals surface area contributed by atoms with Crippen LogP contribution in [0, 0.1) is 0 Å². The van der Waals surface area contributed by atoms with Gasteiger partial charge in [-0.25, -0.2) is 0 Å². The van der Waals surface area contributed by atoms with Crippen LogP contribution < -0.4 is 22.9 Å². The van der Waals surface area contributed by atoms with Gasteiger partial charge in [0, 0.05) is 26.2 Å². The third-order valence-corrected chi connectivity index (χ3v) is 2.46. The summed E-state index contributed by atoms with van der Waals surface area (Å²) >= 11 is 5.55. The summed E-state index contributed by atoms with van der Waals surface area (Å²) in [7, 11) is 0. The van der Waals surface area contributed by atoms with E-state index in [-0.39, 0.29) is 23.7 Å². The number of halogens is 1. The number of rotatable bonds is 9. The first kappa shape index (κ1) is 17.3. The molecule has 0 radical (unpaired) electrons. The van der Waals surface area contributed by atoms with Gasteiger partial charge in [-0.1, -0.05) is 0 Å². The Morgan fingerprint density at radius 3 is 1.68 bits per heavy atom. The maximum Gasteiger partial charge on any atom is 0.237 e. The van der Waals surface area contributed by atoms with Crippen molar-refractivity contribution in [3.8, 4) is 0 Å². The van der Waals surface area contributed by atoms with Crippen LogP contribution in [-0.2, 0) is 4.79 Å². The Hall–Kier alpha value is -1.70. The van der Waals surface area contributed by atoms with E-state index < -0.39 is 0 Å². The summed E-state index contributed by atoms with van der Waals surface area (Å²) in [6.07, 6.45) is 1.34. The minimum Gasteiger partial charge on any atom is -0.370 e. The molecule has 0 aliphatic carbocycles. The Bertz CT molecular complexity index is 300. The number of hydrogen-bond donors (Lipinski definition) is 4. The van der Waals surface area contributed by atoms with E-state index >= 15 is 0 Å². The fourth-order valence-electron chi connectivity index (χ4n) is 1.39. The molecule has 0 fully saturated rings. The standard InChI is InChI=1S/C10H22ClN7O/c11-7-8(19)18(5-1-3-16-9(12)13)6-2-4-17-10(14)15/h1-7H2,(H4,12,13,16)(H4,14,15,17). The maximum absolute atomic E-state index is 11.6. The van der Waals surface area contributed by atoms with E-state index in [0.29, 0.717) is 39.0 Å². The SMILES string of the molecule is NC(N)=NCCCN(CCCN=C(N)N)C(=O)CCl. The summed E-state index contributed by atoms with van der Waals surface area (Å²) in [5.41, 5.74) is 20.8. The highest BCUT2D eigenvalue weighted by Gasteiger charge is 2.11. The second-order valence-corrected chi connectivity index (χ2v) is 4.10. The van der Waals surface area contributed by atoms with Crippen LogP contribution in [0.3, 0.4) is 0 Å². The van der Waals surface area contributed by atoms with Gasteiger partial charge in [0.05, 0.1) is 0 Å². The molecule has 0 saturated carbocycles. The van der Waals surface area contributed by atoms with Crippen LogP contribution in [-0.4, -0.2) is 54.8 Å². The predicted molar refractivity (Wildman–Crippen MR) is 77.9 cm³/mol. The van der Waals surface area contributed by atoms with Gasteiger partial charge < -0.3 is 27.8 Å². The van der Waals surface area contributed by atoms with E-state index in [1.54, 1.807) is 4.90 Å². The first-order chi connectivity index (χ1) is 8.97. The second kappa shape index (κ2) is 10.2. The molecule has 0 aromatic rings. The molecule has 8 nitrogen and oxygen atoms in total. The molecule has 0 aromatic heterocycles. The minimum atomic E-state index is -0.129. The van der Waals surface area contributed by atoms with Crippen LogP contribution in [0.4, 0.5) is 0 Å². The van der Waals surface area contributed by atoms with Crippen molar-refractivity contribution >= 4 is 29.4 Å². The van der Waals surface area contributed by atoms with Gasteiger partial charge in [0.25, 0.3) is 0 Å². The van der Waals surface area contributed by atoms with Gasteiger partial charge in [-0.3, -0.25) is 14.8 Å². The molecular formula is C10H22ClN7O. The zero-order valence-electron chi connectivity index (χ0n) is 10.9. The molecule has 0 aromatic carbocycles. The minimum absolute atomic E-state index is 0.0444. The first-order valence-electron chi connectivity index (χ1n) is 5.92. The highest BCUT2D eigenvalue weighted by Crippen LogP contribution is 1.98. The number of carbonyl (C=O) groups is 1. The van der Waals surface area contributed by atoms with Crippen molar-refractivity contribution < 1.29 is 4.79 Å². The normalized spacial score (nSPS) is 9.74. The summed E-state index contributed by atoms with van der Waals surface area (Å²) in [4.78, 5) is 20.9. The van der Waals surface area contributed by atoms with Crippen LogP contribution in [0.1, 0.15) is 12.8 Å². The van der Waals surface area contributed by atoms with Crippen molar-refractivity contribution in [3.63, 3.8) is 0 Å². The van der Waals surface area contributed by atoms with Crippen molar-refractivity contribution in [2.24, 2.45) is 32.9 Å². The van der Waals surface area contributed by atoms with Crippen LogP contribution in [0.15, 0.2) is 9.98 Å². The number of carbonyl (C=O) groups excluding carboxylic acids is 1. The van der Waals surface area contributed by atoms with Crippen LogP contribution >= 0.6 is 11.6 Å². The highest BCUT2D eigenvalue weighted by atomic mass is 35.5. The molecule has 110 valence electrons. The quantitative estimate of drug-likeness (QED) is 0.174. The number of amides is 1. The summed E-state index contributed by atoms with van der Waals surface area (Å²) in [6.45, 7) is 2.04. The summed E-state index contributed by atoms with van der Waals surface area (Å²) < 4.78 is 0. The molecule has 0 unspecified atom stereocenters. The topological polar surface area (TPSA) is 149 Å². The molecule has 0 bridgehead atoms. The van der Waals surface area contributed by atoms with Gasteiger partial charge in [0.2, 0.25) is 5.91 Å². The lowest BCUT2D eigenvalue weighted by Gasteiger charge is -2.21.